The van der Waals surface area contributed by atoms with Crippen LogP contribution in [0.25, 0.3) is 0 Å². The van der Waals surface area contributed by atoms with E-state index in [-0.39, 0.29) is 11.9 Å². The van der Waals surface area contributed by atoms with Gasteiger partial charge < -0.3 is 9.88 Å². The second-order valence-corrected chi connectivity index (χ2v) is 5.99. The number of rotatable bonds is 4. The van der Waals surface area contributed by atoms with E-state index in [0.717, 1.165) is 37.5 Å². The minimum absolute atomic E-state index is 0.135. The van der Waals surface area contributed by atoms with Gasteiger partial charge in [-0.3, -0.25) is 4.79 Å². The highest BCUT2D eigenvalue weighted by Crippen LogP contribution is 2.15. The molecule has 3 heterocycles. The van der Waals surface area contributed by atoms with Crippen LogP contribution in [0.4, 0.5) is 0 Å². The molecule has 1 unspecified atom stereocenters. The molecule has 0 saturated carbocycles. The van der Waals surface area contributed by atoms with Crippen LogP contribution in [0.15, 0.2) is 16.8 Å². The van der Waals surface area contributed by atoms with Gasteiger partial charge in [-0.1, -0.05) is 0 Å². The van der Waals surface area contributed by atoms with Gasteiger partial charge in [0.25, 0.3) is 0 Å². The molecule has 1 aliphatic heterocycles. The van der Waals surface area contributed by atoms with Crippen molar-refractivity contribution in [2.45, 2.75) is 45.2 Å². The first-order chi connectivity index (χ1) is 9.72. The quantitative estimate of drug-likeness (QED) is 0.932. The molecular formula is C14H18N4OS. The Kier molecular flexibility index (Phi) is 3.82. The molecule has 0 aliphatic carbocycles. The van der Waals surface area contributed by atoms with E-state index in [1.807, 2.05) is 12.3 Å². The summed E-state index contributed by atoms with van der Waals surface area (Å²) < 4.78 is 2.10. The first-order valence-corrected chi connectivity index (χ1v) is 7.86. The van der Waals surface area contributed by atoms with Crippen LogP contribution in [-0.4, -0.2) is 26.7 Å². The summed E-state index contributed by atoms with van der Waals surface area (Å²) in [7, 11) is 0. The summed E-state index contributed by atoms with van der Waals surface area (Å²) in [5, 5.41) is 15.5. The number of aromatic nitrogens is 3. The molecule has 0 spiro atoms. The lowest BCUT2D eigenvalue weighted by Gasteiger charge is -2.24. The highest BCUT2D eigenvalue weighted by atomic mass is 32.1. The molecule has 0 radical (unpaired) electrons. The Labute approximate surface area is 122 Å². The minimum Gasteiger partial charge on any atom is -0.352 e. The predicted octanol–water partition coefficient (Wildman–Crippen LogP) is 1.71. The summed E-state index contributed by atoms with van der Waals surface area (Å²) in [5.74, 6) is 2.10. The summed E-state index contributed by atoms with van der Waals surface area (Å²) in [6.07, 6.45) is 3.21. The highest BCUT2D eigenvalue weighted by molar-refractivity contribution is 7.07. The van der Waals surface area contributed by atoms with Gasteiger partial charge in [0, 0.05) is 25.4 Å². The normalized spacial score (nSPS) is 17.8. The molecule has 2 aromatic rings. The van der Waals surface area contributed by atoms with Gasteiger partial charge in [-0.25, -0.2) is 0 Å². The molecule has 1 amide bonds. The van der Waals surface area contributed by atoms with Gasteiger partial charge in [0.15, 0.2) is 0 Å². The number of nitrogens with zero attached hydrogens (tertiary/aromatic N) is 3. The summed E-state index contributed by atoms with van der Waals surface area (Å²) >= 11 is 1.67. The van der Waals surface area contributed by atoms with Gasteiger partial charge in [-0.05, 0) is 42.2 Å². The van der Waals surface area contributed by atoms with Gasteiger partial charge >= 0.3 is 0 Å². The monoisotopic (exact) mass is 290 g/mol. The Balaban J connectivity index is 1.51. The van der Waals surface area contributed by atoms with Gasteiger partial charge in [0.05, 0.1) is 0 Å². The largest absolute Gasteiger partial charge is 0.352 e. The summed E-state index contributed by atoms with van der Waals surface area (Å²) in [6.45, 7) is 2.75. The number of hydrogen-bond acceptors (Lipinski definition) is 4. The number of nitrogens with one attached hydrogen (secondary N) is 1. The van der Waals surface area contributed by atoms with Crippen molar-refractivity contribution in [1.29, 1.82) is 0 Å². The molecule has 106 valence electrons. The van der Waals surface area contributed by atoms with Crippen LogP contribution < -0.4 is 5.32 Å². The molecule has 2 aromatic heterocycles. The van der Waals surface area contributed by atoms with Crippen LogP contribution >= 0.6 is 11.3 Å². The third-order valence-corrected chi connectivity index (χ3v) is 4.45. The van der Waals surface area contributed by atoms with Crippen molar-refractivity contribution in [2.24, 2.45) is 0 Å². The van der Waals surface area contributed by atoms with E-state index in [4.69, 9.17) is 0 Å². The summed E-state index contributed by atoms with van der Waals surface area (Å²) in [5.41, 5.74) is 1.24. The van der Waals surface area contributed by atoms with Crippen molar-refractivity contribution in [3.63, 3.8) is 0 Å². The average molecular weight is 290 g/mol. The fraction of sp³-hybridized carbons (Fsp3) is 0.500. The average Bonchev–Trinajstić information content (AvgIpc) is 3.07. The van der Waals surface area contributed by atoms with E-state index >= 15 is 0 Å². The Bertz CT molecular complexity index is 590. The second kappa shape index (κ2) is 5.75. The zero-order valence-electron chi connectivity index (χ0n) is 11.5. The molecule has 0 saturated heterocycles. The molecule has 3 rings (SSSR count). The van der Waals surface area contributed by atoms with Crippen molar-refractivity contribution in [2.75, 3.05) is 0 Å². The summed E-state index contributed by atoms with van der Waals surface area (Å²) in [4.78, 5) is 12.0. The van der Waals surface area contributed by atoms with Crippen molar-refractivity contribution in [3.8, 4) is 0 Å². The zero-order valence-corrected chi connectivity index (χ0v) is 12.3. The first kappa shape index (κ1) is 13.3. The molecule has 0 aromatic carbocycles. The Morgan fingerprint density at radius 1 is 1.55 bits per heavy atom. The lowest BCUT2D eigenvalue weighted by molar-refractivity contribution is -0.122. The van der Waals surface area contributed by atoms with E-state index in [1.54, 1.807) is 11.3 Å². The second-order valence-electron chi connectivity index (χ2n) is 5.21. The van der Waals surface area contributed by atoms with E-state index in [2.05, 4.69) is 31.5 Å². The van der Waals surface area contributed by atoms with Gasteiger partial charge in [-0.15, -0.1) is 10.2 Å². The smallest absolute Gasteiger partial charge is 0.220 e. The van der Waals surface area contributed by atoms with Crippen LogP contribution in [-0.2, 0) is 24.2 Å². The minimum atomic E-state index is 0.135. The lowest BCUT2D eigenvalue weighted by Crippen LogP contribution is -2.41. The van der Waals surface area contributed by atoms with Crippen molar-refractivity contribution in [3.05, 3.63) is 34.0 Å². The maximum absolute atomic E-state index is 12.0. The Hall–Kier alpha value is -1.69. The highest BCUT2D eigenvalue weighted by Gasteiger charge is 2.22. The number of aryl methyl sites for hydroxylation is 3. The maximum atomic E-state index is 12.0. The molecule has 1 N–H and O–H groups in total. The van der Waals surface area contributed by atoms with Crippen LogP contribution in [0, 0.1) is 6.92 Å². The molecule has 20 heavy (non-hydrogen) atoms. The van der Waals surface area contributed by atoms with Crippen LogP contribution in [0.3, 0.4) is 0 Å². The van der Waals surface area contributed by atoms with Crippen LogP contribution in [0.5, 0.6) is 0 Å². The van der Waals surface area contributed by atoms with E-state index in [1.165, 1.54) is 5.56 Å². The third kappa shape index (κ3) is 2.90. The van der Waals surface area contributed by atoms with Gasteiger partial charge in [-0.2, -0.15) is 11.3 Å². The molecular weight excluding hydrogens is 272 g/mol. The molecule has 1 atom stereocenters. The molecule has 0 fully saturated rings. The van der Waals surface area contributed by atoms with Crippen molar-refractivity contribution in [1.82, 2.24) is 20.1 Å². The molecule has 5 nitrogen and oxygen atoms in total. The standard InChI is InChI=1S/C14H18N4OS/c1-10-16-17-13-4-3-12(8-18(10)13)15-14(19)5-2-11-6-7-20-9-11/h6-7,9,12H,2-5,8H2,1H3,(H,15,19). The van der Waals surface area contributed by atoms with Gasteiger partial charge in [0.1, 0.15) is 11.6 Å². The number of amides is 1. The lowest BCUT2D eigenvalue weighted by atomic mass is 10.1. The summed E-state index contributed by atoms with van der Waals surface area (Å²) in [6, 6.07) is 2.28. The molecule has 6 heteroatoms. The van der Waals surface area contributed by atoms with E-state index in [9.17, 15) is 4.79 Å². The topological polar surface area (TPSA) is 59.8 Å². The van der Waals surface area contributed by atoms with Crippen molar-refractivity contribution < 1.29 is 4.79 Å². The number of hydrogen-bond donors (Lipinski definition) is 1. The van der Waals surface area contributed by atoms with Gasteiger partial charge in [0.2, 0.25) is 5.91 Å². The van der Waals surface area contributed by atoms with E-state index in [0.29, 0.717) is 6.42 Å². The number of carbonyl (C=O) groups is 1. The van der Waals surface area contributed by atoms with Crippen LogP contribution in [0.1, 0.15) is 30.1 Å². The fourth-order valence-electron chi connectivity index (χ4n) is 2.57. The first-order valence-electron chi connectivity index (χ1n) is 6.91. The Morgan fingerprint density at radius 2 is 2.45 bits per heavy atom. The number of thiophene rings is 1. The number of fused-ring (bicyclic) bond motifs is 1. The SMILES string of the molecule is Cc1nnc2n1CC(NC(=O)CCc1ccsc1)CC2. The van der Waals surface area contributed by atoms with Crippen molar-refractivity contribution >= 4 is 17.2 Å². The fourth-order valence-corrected chi connectivity index (χ4v) is 3.28. The predicted molar refractivity (Wildman–Crippen MR) is 77.7 cm³/mol. The maximum Gasteiger partial charge on any atom is 0.220 e. The molecule has 0 bridgehead atoms. The third-order valence-electron chi connectivity index (χ3n) is 3.72. The molecule has 1 aliphatic rings. The zero-order chi connectivity index (χ0) is 13.9. The van der Waals surface area contributed by atoms with E-state index < -0.39 is 0 Å². The Morgan fingerprint density at radius 3 is 3.25 bits per heavy atom. The van der Waals surface area contributed by atoms with Crippen LogP contribution in [0.2, 0.25) is 0 Å². The number of carbonyl (C=O) groups excluding carboxylic acids is 1.